The van der Waals surface area contributed by atoms with Crippen molar-refractivity contribution in [2.24, 2.45) is 29.1 Å². The van der Waals surface area contributed by atoms with Gasteiger partial charge in [-0.2, -0.15) is 0 Å². The average Bonchev–Trinajstić information content (AvgIpc) is 2.76. The molecule has 5 nitrogen and oxygen atoms in total. The molecule has 1 amide bonds. The van der Waals surface area contributed by atoms with Gasteiger partial charge in [0.1, 0.15) is 5.82 Å². The predicted octanol–water partition coefficient (Wildman–Crippen LogP) is 4.01. The first-order valence-corrected chi connectivity index (χ1v) is 11.7. The molecule has 1 aromatic rings. The topological polar surface area (TPSA) is 63.7 Å². The van der Waals surface area contributed by atoms with E-state index in [9.17, 15) is 18.8 Å². The highest BCUT2D eigenvalue weighted by atomic mass is 19.1. The lowest BCUT2D eigenvalue weighted by atomic mass is 9.48. The Kier molecular flexibility index (Phi) is 5.35. The number of carbonyl (C=O) groups excluding carboxylic acids is 3. The maximum absolute atomic E-state index is 13.1. The van der Waals surface area contributed by atoms with Crippen LogP contribution < -0.4 is 0 Å². The van der Waals surface area contributed by atoms with Crippen molar-refractivity contribution in [3.05, 3.63) is 35.6 Å². The third kappa shape index (κ3) is 4.01. The van der Waals surface area contributed by atoms with Crippen molar-refractivity contribution < 1.29 is 23.5 Å². The SMILES string of the molecule is O=C(OCC(=O)C12CC3CC(CC(C3)C1)C2)C1CCN(C(=O)c2ccc(F)cc2)CC1. The molecule has 0 N–H and O–H groups in total. The number of amides is 1. The van der Waals surface area contributed by atoms with Crippen LogP contribution >= 0.6 is 0 Å². The van der Waals surface area contributed by atoms with Crippen LogP contribution in [0.4, 0.5) is 4.39 Å². The van der Waals surface area contributed by atoms with E-state index in [4.69, 9.17) is 4.74 Å². The predicted molar refractivity (Wildman–Crippen MR) is 112 cm³/mol. The quantitative estimate of drug-likeness (QED) is 0.666. The van der Waals surface area contributed by atoms with Crippen molar-refractivity contribution >= 4 is 17.7 Å². The molecule has 5 aliphatic rings. The number of ketones is 1. The Morgan fingerprint density at radius 2 is 1.48 bits per heavy atom. The molecule has 0 radical (unpaired) electrons. The second-order valence-corrected chi connectivity index (χ2v) is 10.3. The molecule has 166 valence electrons. The molecule has 6 rings (SSSR count). The molecule has 1 aromatic carbocycles. The second kappa shape index (κ2) is 8.03. The van der Waals surface area contributed by atoms with Crippen LogP contribution in [0.3, 0.4) is 0 Å². The fraction of sp³-hybridized carbons (Fsp3) is 0.640. The molecular formula is C25H30FNO4. The summed E-state index contributed by atoms with van der Waals surface area (Å²) in [4.78, 5) is 39.9. The summed E-state index contributed by atoms with van der Waals surface area (Å²) < 4.78 is 18.6. The number of ether oxygens (including phenoxy) is 1. The van der Waals surface area contributed by atoms with E-state index in [1.54, 1.807) is 4.90 Å². The summed E-state index contributed by atoms with van der Waals surface area (Å²) in [7, 11) is 0. The van der Waals surface area contributed by atoms with E-state index in [1.807, 2.05) is 0 Å². The van der Waals surface area contributed by atoms with Gasteiger partial charge >= 0.3 is 5.97 Å². The molecule has 0 aromatic heterocycles. The van der Waals surface area contributed by atoms with Gasteiger partial charge in [0.15, 0.2) is 12.4 Å². The number of rotatable bonds is 5. The first kappa shape index (κ1) is 20.7. The van der Waals surface area contributed by atoms with Gasteiger partial charge in [-0.15, -0.1) is 0 Å². The highest BCUT2D eigenvalue weighted by Crippen LogP contribution is 2.60. The monoisotopic (exact) mass is 427 g/mol. The minimum Gasteiger partial charge on any atom is -0.457 e. The molecule has 6 heteroatoms. The lowest BCUT2D eigenvalue weighted by Gasteiger charge is -2.55. The lowest BCUT2D eigenvalue weighted by molar-refractivity contribution is -0.161. The third-order valence-corrected chi connectivity index (χ3v) is 8.18. The molecule has 0 unspecified atom stereocenters. The van der Waals surface area contributed by atoms with Gasteiger partial charge in [0.05, 0.1) is 5.92 Å². The lowest BCUT2D eigenvalue weighted by Crippen LogP contribution is -2.51. The maximum Gasteiger partial charge on any atom is 0.309 e. The number of nitrogens with zero attached hydrogens (tertiary/aromatic N) is 1. The van der Waals surface area contributed by atoms with Gasteiger partial charge in [-0.1, -0.05) is 0 Å². The molecule has 5 fully saturated rings. The smallest absolute Gasteiger partial charge is 0.309 e. The Hall–Kier alpha value is -2.24. The van der Waals surface area contributed by atoms with E-state index in [2.05, 4.69) is 0 Å². The molecule has 4 aliphatic carbocycles. The van der Waals surface area contributed by atoms with Crippen molar-refractivity contribution in [2.75, 3.05) is 19.7 Å². The normalized spacial score (nSPS) is 32.2. The van der Waals surface area contributed by atoms with Crippen molar-refractivity contribution in [3.63, 3.8) is 0 Å². The average molecular weight is 428 g/mol. The van der Waals surface area contributed by atoms with E-state index in [1.165, 1.54) is 43.5 Å². The Balaban J connectivity index is 1.11. The number of hydrogen-bond acceptors (Lipinski definition) is 4. The number of Topliss-reactive ketones (excluding diaryl/α,β-unsaturated/α-hetero) is 1. The third-order valence-electron chi connectivity index (χ3n) is 8.18. The zero-order chi connectivity index (χ0) is 21.6. The maximum atomic E-state index is 13.1. The Morgan fingerprint density at radius 1 is 0.935 bits per heavy atom. The minimum atomic E-state index is -0.374. The van der Waals surface area contributed by atoms with Gasteiger partial charge in [0, 0.05) is 24.1 Å². The molecule has 4 bridgehead atoms. The second-order valence-electron chi connectivity index (χ2n) is 10.3. The van der Waals surface area contributed by atoms with Crippen LogP contribution in [0, 0.1) is 34.9 Å². The zero-order valence-corrected chi connectivity index (χ0v) is 17.9. The molecule has 1 saturated heterocycles. The molecule has 31 heavy (non-hydrogen) atoms. The summed E-state index contributed by atoms with van der Waals surface area (Å²) in [5.41, 5.74) is 0.212. The summed E-state index contributed by atoms with van der Waals surface area (Å²) in [5, 5.41) is 0. The minimum absolute atomic E-state index is 0.0975. The molecule has 1 heterocycles. The number of benzene rings is 1. The van der Waals surface area contributed by atoms with Crippen LogP contribution in [0.1, 0.15) is 61.7 Å². The van der Waals surface area contributed by atoms with Gasteiger partial charge in [-0.25, -0.2) is 4.39 Å². The summed E-state index contributed by atoms with van der Waals surface area (Å²) >= 11 is 0. The first-order valence-electron chi connectivity index (χ1n) is 11.7. The fourth-order valence-corrected chi connectivity index (χ4v) is 6.95. The van der Waals surface area contributed by atoms with Crippen LogP contribution in [0.25, 0.3) is 0 Å². The van der Waals surface area contributed by atoms with Crippen LogP contribution in [-0.2, 0) is 14.3 Å². The van der Waals surface area contributed by atoms with Gasteiger partial charge in [-0.05, 0) is 93.4 Å². The van der Waals surface area contributed by atoms with E-state index >= 15 is 0 Å². The summed E-state index contributed by atoms with van der Waals surface area (Å²) in [5.74, 6) is 1.08. The highest BCUT2D eigenvalue weighted by Gasteiger charge is 2.54. The standard InChI is InChI=1S/C25H30FNO4/c26-21-3-1-19(2-4-21)23(29)27-7-5-20(6-8-27)24(30)31-15-22(28)25-12-16-9-17(13-25)11-18(10-16)14-25/h1-4,16-18,20H,5-15H2. The number of likely N-dealkylation sites (tertiary alicyclic amines) is 1. The summed E-state index contributed by atoms with van der Waals surface area (Å²) in [6.45, 7) is 0.817. The summed E-state index contributed by atoms with van der Waals surface area (Å²) in [6, 6.07) is 5.51. The van der Waals surface area contributed by atoms with E-state index in [0.29, 0.717) is 49.2 Å². The fourth-order valence-electron chi connectivity index (χ4n) is 6.95. The Morgan fingerprint density at radius 3 is 2.03 bits per heavy atom. The number of esters is 1. The molecular weight excluding hydrogens is 397 g/mol. The largest absolute Gasteiger partial charge is 0.457 e. The van der Waals surface area contributed by atoms with E-state index in [-0.39, 0.29) is 41.4 Å². The number of piperidine rings is 1. The Bertz CT molecular complexity index is 837. The number of carbonyl (C=O) groups is 3. The van der Waals surface area contributed by atoms with Crippen molar-refractivity contribution in [1.29, 1.82) is 0 Å². The van der Waals surface area contributed by atoms with Crippen LogP contribution in [0.5, 0.6) is 0 Å². The van der Waals surface area contributed by atoms with Gasteiger partial charge < -0.3 is 9.64 Å². The molecule has 0 spiro atoms. The molecule has 1 aliphatic heterocycles. The molecule has 0 atom stereocenters. The van der Waals surface area contributed by atoms with E-state index < -0.39 is 0 Å². The van der Waals surface area contributed by atoms with Crippen LogP contribution in [-0.4, -0.2) is 42.3 Å². The summed E-state index contributed by atoms with van der Waals surface area (Å²) in [6.07, 6.45) is 7.84. The van der Waals surface area contributed by atoms with Crippen molar-refractivity contribution in [3.8, 4) is 0 Å². The zero-order valence-electron chi connectivity index (χ0n) is 17.9. The highest BCUT2D eigenvalue weighted by molar-refractivity contribution is 5.94. The van der Waals surface area contributed by atoms with Crippen molar-refractivity contribution in [2.45, 2.75) is 51.4 Å². The molecule has 4 saturated carbocycles. The van der Waals surface area contributed by atoms with Gasteiger partial charge in [0.25, 0.3) is 5.91 Å². The first-order chi connectivity index (χ1) is 14.9. The van der Waals surface area contributed by atoms with Gasteiger partial charge in [0.2, 0.25) is 0 Å². The Labute approximate surface area is 182 Å². The van der Waals surface area contributed by atoms with Crippen LogP contribution in [0.15, 0.2) is 24.3 Å². The number of halogens is 1. The van der Waals surface area contributed by atoms with Gasteiger partial charge in [-0.3, -0.25) is 14.4 Å². The van der Waals surface area contributed by atoms with Crippen molar-refractivity contribution in [1.82, 2.24) is 4.90 Å². The number of hydrogen-bond donors (Lipinski definition) is 0. The van der Waals surface area contributed by atoms with Crippen LogP contribution in [0.2, 0.25) is 0 Å². The van der Waals surface area contributed by atoms with E-state index in [0.717, 1.165) is 19.3 Å².